The fraction of sp³-hybridized carbons (Fsp3) is 0.550. The molecule has 0 unspecified atom stereocenters. The van der Waals surface area contributed by atoms with Crippen LogP contribution in [0.5, 0.6) is 0 Å². The van der Waals surface area contributed by atoms with Crippen LogP contribution >= 0.6 is 0 Å². The zero-order valence-electron chi connectivity index (χ0n) is 16.6. The third-order valence-electron chi connectivity index (χ3n) is 5.67. The van der Waals surface area contributed by atoms with Crippen molar-refractivity contribution >= 4 is 26.8 Å². The van der Waals surface area contributed by atoms with Crippen molar-refractivity contribution in [1.82, 2.24) is 14.2 Å². The monoisotopic (exact) mass is 391 g/mol. The second-order valence-corrected chi connectivity index (χ2v) is 9.33. The van der Waals surface area contributed by atoms with Crippen molar-refractivity contribution in [1.29, 1.82) is 0 Å². The molecule has 2 heterocycles. The SMILES string of the molecule is CCN(CC)C(=O)c1[nH]c2ccc(S(=O)(=O)N3CCC(C)CC3)cc2c1C. The van der Waals surface area contributed by atoms with E-state index in [0.29, 0.717) is 42.7 Å². The van der Waals surface area contributed by atoms with Crippen molar-refractivity contribution in [2.24, 2.45) is 5.92 Å². The van der Waals surface area contributed by atoms with Crippen LogP contribution in [0, 0.1) is 12.8 Å². The summed E-state index contributed by atoms with van der Waals surface area (Å²) in [5, 5.41) is 0.789. The molecule has 1 amide bonds. The highest BCUT2D eigenvalue weighted by molar-refractivity contribution is 7.89. The summed E-state index contributed by atoms with van der Waals surface area (Å²) >= 11 is 0. The number of aromatic nitrogens is 1. The quantitative estimate of drug-likeness (QED) is 0.849. The standard InChI is InChI=1S/C20H29N3O3S/c1-5-22(6-2)20(24)19-15(4)17-13-16(7-8-18(17)21-19)27(25,26)23-11-9-14(3)10-12-23/h7-8,13-14,21H,5-6,9-12H2,1-4H3. The van der Waals surface area contributed by atoms with E-state index in [0.717, 1.165) is 29.3 Å². The molecule has 3 rings (SSSR count). The number of hydrogen-bond donors (Lipinski definition) is 1. The fourth-order valence-electron chi connectivity index (χ4n) is 3.72. The van der Waals surface area contributed by atoms with Gasteiger partial charge in [-0.15, -0.1) is 0 Å². The number of hydrogen-bond acceptors (Lipinski definition) is 3. The summed E-state index contributed by atoms with van der Waals surface area (Å²) in [7, 11) is -3.51. The minimum Gasteiger partial charge on any atom is -0.350 e. The van der Waals surface area contributed by atoms with Gasteiger partial charge in [-0.25, -0.2) is 8.42 Å². The van der Waals surface area contributed by atoms with Crippen LogP contribution in [0.1, 0.15) is 49.7 Å². The van der Waals surface area contributed by atoms with Gasteiger partial charge < -0.3 is 9.88 Å². The average molecular weight is 392 g/mol. The molecule has 0 aliphatic carbocycles. The molecule has 1 fully saturated rings. The number of rotatable bonds is 5. The maximum atomic E-state index is 13.0. The Morgan fingerprint density at radius 3 is 2.44 bits per heavy atom. The first-order chi connectivity index (χ1) is 12.8. The number of fused-ring (bicyclic) bond motifs is 1. The Kier molecular flexibility index (Phi) is 5.63. The lowest BCUT2D eigenvalue weighted by molar-refractivity contribution is 0.0767. The van der Waals surface area contributed by atoms with E-state index in [4.69, 9.17) is 0 Å². The van der Waals surface area contributed by atoms with Gasteiger partial charge in [0.2, 0.25) is 10.0 Å². The van der Waals surface area contributed by atoms with Crippen LogP contribution in [0.4, 0.5) is 0 Å². The van der Waals surface area contributed by atoms with E-state index in [1.165, 1.54) is 0 Å². The number of nitrogens with one attached hydrogen (secondary N) is 1. The Morgan fingerprint density at radius 1 is 1.22 bits per heavy atom. The normalized spacial score (nSPS) is 16.7. The number of carbonyl (C=O) groups is 1. The van der Waals surface area contributed by atoms with Crippen LogP contribution in [0.3, 0.4) is 0 Å². The van der Waals surface area contributed by atoms with Gasteiger partial charge in [0.25, 0.3) is 5.91 Å². The lowest BCUT2D eigenvalue weighted by Gasteiger charge is -2.29. The molecule has 148 valence electrons. The first-order valence-corrected chi connectivity index (χ1v) is 11.1. The molecule has 0 spiro atoms. The largest absolute Gasteiger partial charge is 0.350 e. The maximum absolute atomic E-state index is 13.0. The van der Waals surface area contributed by atoms with E-state index in [-0.39, 0.29) is 5.91 Å². The third-order valence-corrected chi connectivity index (χ3v) is 7.57. The van der Waals surface area contributed by atoms with Crippen LogP contribution in [0.25, 0.3) is 10.9 Å². The zero-order valence-corrected chi connectivity index (χ0v) is 17.4. The van der Waals surface area contributed by atoms with E-state index in [2.05, 4.69) is 11.9 Å². The number of sulfonamides is 1. The molecule has 1 aromatic carbocycles. The molecular formula is C20H29N3O3S. The van der Waals surface area contributed by atoms with Gasteiger partial charge in [-0.05, 0) is 63.3 Å². The molecule has 0 radical (unpaired) electrons. The highest BCUT2D eigenvalue weighted by Crippen LogP contribution is 2.29. The van der Waals surface area contributed by atoms with Gasteiger partial charge in [0.05, 0.1) is 4.90 Å². The Labute approximate surface area is 161 Å². The second-order valence-electron chi connectivity index (χ2n) is 7.40. The molecule has 0 bridgehead atoms. The Balaban J connectivity index is 1.98. The predicted octanol–water partition coefficient (Wildman–Crippen LogP) is 3.38. The van der Waals surface area contributed by atoms with Crippen LogP contribution in [0.2, 0.25) is 0 Å². The van der Waals surface area contributed by atoms with Crippen molar-refractivity contribution in [3.8, 4) is 0 Å². The highest BCUT2D eigenvalue weighted by Gasteiger charge is 2.29. The topological polar surface area (TPSA) is 73.5 Å². The van der Waals surface area contributed by atoms with Crippen molar-refractivity contribution in [3.63, 3.8) is 0 Å². The zero-order chi connectivity index (χ0) is 19.8. The minimum absolute atomic E-state index is 0.0527. The molecule has 27 heavy (non-hydrogen) atoms. The number of nitrogens with zero attached hydrogens (tertiary/aromatic N) is 2. The number of benzene rings is 1. The summed E-state index contributed by atoms with van der Waals surface area (Å²) in [6, 6.07) is 5.10. The Hall–Kier alpha value is -1.86. The summed E-state index contributed by atoms with van der Waals surface area (Å²) in [4.78, 5) is 18.0. The van der Waals surface area contributed by atoms with E-state index in [1.807, 2.05) is 20.8 Å². The number of piperidine rings is 1. The first kappa shape index (κ1) is 19.9. The summed E-state index contributed by atoms with van der Waals surface area (Å²) in [5.41, 5.74) is 2.12. The third kappa shape index (κ3) is 3.62. The molecule has 1 aliphatic rings. The van der Waals surface area contributed by atoms with E-state index < -0.39 is 10.0 Å². The van der Waals surface area contributed by atoms with Gasteiger partial charge in [-0.1, -0.05) is 6.92 Å². The van der Waals surface area contributed by atoms with Crippen molar-refractivity contribution < 1.29 is 13.2 Å². The van der Waals surface area contributed by atoms with E-state index in [1.54, 1.807) is 27.4 Å². The lowest BCUT2D eigenvalue weighted by atomic mass is 10.0. The first-order valence-electron chi connectivity index (χ1n) is 9.71. The van der Waals surface area contributed by atoms with Gasteiger partial charge in [0.1, 0.15) is 5.69 Å². The smallest absolute Gasteiger partial charge is 0.270 e. The fourth-order valence-corrected chi connectivity index (χ4v) is 5.22. The molecule has 1 saturated heterocycles. The number of carbonyl (C=O) groups excluding carboxylic acids is 1. The Bertz CT molecular complexity index is 937. The van der Waals surface area contributed by atoms with Gasteiger partial charge in [0.15, 0.2) is 0 Å². The van der Waals surface area contributed by atoms with Gasteiger partial charge in [-0.3, -0.25) is 4.79 Å². The molecule has 0 saturated carbocycles. The highest BCUT2D eigenvalue weighted by atomic mass is 32.2. The number of H-pyrrole nitrogens is 1. The van der Waals surface area contributed by atoms with E-state index >= 15 is 0 Å². The summed E-state index contributed by atoms with van der Waals surface area (Å²) in [6.07, 6.45) is 1.79. The van der Waals surface area contributed by atoms with Gasteiger partial charge >= 0.3 is 0 Å². The molecule has 1 aliphatic heterocycles. The summed E-state index contributed by atoms with van der Waals surface area (Å²) in [5.74, 6) is 0.516. The van der Waals surface area contributed by atoms with Crippen LogP contribution in [-0.2, 0) is 10.0 Å². The Morgan fingerprint density at radius 2 is 1.85 bits per heavy atom. The molecule has 6 nitrogen and oxygen atoms in total. The number of amides is 1. The van der Waals surface area contributed by atoms with Crippen LogP contribution < -0.4 is 0 Å². The number of aromatic amines is 1. The predicted molar refractivity (Wildman–Crippen MR) is 107 cm³/mol. The number of aryl methyl sites for hydroxylation is 1. The van der Waals surface area contributed by atoms with Crippen molar-refractivity contribution in [3.05, 3.63) is 29.5 Å². The van der Waals surface area contributed by atoms with Crippen LogP contribution in [-0.4, -0.2) is 54.7 Å². The lowest BCUT2D eigenvalue weighted by Crippen LogP contribution is -2.37. The van der Waals surface area contributed by atoms with Crippen LogP contribution in [0.15, 0.2) is 23.1 Å². The molecule has 1 aromatic heterocycles. The molecule has 7 heteroatoms. The summed E-state index contributed by atoms with van der Waals surface area (Å²) < 4.78 is 27.6. The van der Waals surface area contributed by atoms with Gasteiger partial charge in [-0.2, -0.15) is 4.31 Å². The molecule has 1 N–H and O–H groups in total. The molecule has 2 aromatic rings. The van der Waals surface area contributed by atoms with Crippen molar-refractivity contribution in [2.45, 2.75) is 45.4 Å². The average Bonchev–Trinajstić information content (AvgIpc) is 2.99. The minimum atomic E-state index is -3.51. The summed E-state index contributed by atoms with van der Waals surface area (Å²) in [6.45, 7) is 10.3. The van der Waals surface area contributed by atoms with E-state index in [9.17, 15) is 13.2 Å². The van der Waals surface area contributed by atoms with Crippen molar-refractivity contribution in [2.75, 3.05) is 26.2 Å². The van der Waals surface area contributed by atoms with Gasteiger partial charge in [0, 0.05) is 37.1 Å². The molecule has 0 atom stereocenters. The second kappa shape index (κ2) is 7.64. The maximum Gasteiger partial charge on any atom is 0.270 e. The molecular weight excluding hydrogens is 362 g/mol.